The predicted octanol–water partition coefficient (Wildman–Crippen LogP) is 1.03. The second-order valence-electron chi connectivity index (χ2n) is 6.33. The van der Waals surface area contributed by atoms with Crippen LogP contribution in [0.4, 0.5) is 0 Å². The van der Waals surface area contributed by atoms with E-state index < -0.39 is 0 Å². The van der Waals surface area contributed by atoms with Gasteiger partial charge in [0.05, 0.1) is 5.52 Å². The monoisotopic (exact) mass is 327 g/mol. The lowest BCUT2D eigenvalue weighted by Gasteiger charge is -2.31. The summed E-state index contributed by atoms with van der Waals surface area (Å²) in [5, 5.41) is 0.940. The molecule has 2 heterocycles. The van der Waals surface area contributed by atoms with Gasteiger partial charge in [0.15, 0.2) is 0 Å². The largest absolute Gasteiger partial charge is 0.369 e. The Morgan fingerprint density at radius 1 is 1.21 bits per heavy atom. The average Bonchev–Trinajstić information content (AvgIpc) is 2.58. The molecule has 1 fully saturated rings. The molecule has 2 amide bonds. The number of aromatic nitrogens is 1. The quantitative estimate of drug-likeness (QED) is 0.914. The van der Waals surface area contributed by atoms with Gasteiger partial charge < -0.3 is 10.6 Å². The van der Waals surface area contributed by atoms with Gasteiger partial charge in [0.25, 0.3) is 5.56 Å². The summed E-state index contributed by atoms with van der Waals surface area (Å²) in [6.07, 6.45) is 1.18. The standard InChI is InChI=1S/C18H21N3O3/c1-12-10-14-4-2-3-5-15(14)21(18(12)24)11-16(22)20-8-6-13(7-9-20)17(19)23/h2-5,10,13H,6-9,11H2,1H3,(H2,19,23). The summed E-state index contributed by atoms with van der Waals surface area (Å²) in [7, 11) is 0. The minimum absolute atomic E-state index is 0.0161. The molecule has 1 aromatic heterocycles. The predicted molar refractivity (Wildman–Crippen MR) is 91.4 cm³/mol. The van der Waals surface area contributed by atoms with Gasteiger partial charge in [0, 0.05) is 24.6 Å². The Labute approximate surface area is 139 Å². The van der Waals surface area contributed by atoms with Gasteiger partial charge in [-0.2, -0.15) is 0 Å². The highest BCUT2D eigenvalue weighted by Crippen LogP contribution is 2.18. The minimum Gasteiger partial charge on any atom is -0.369 e. The number of para-hydroxylation sites is 1. The number of amides is 2. The second-order valence-corrected chi connectivity index (χ2v) is 6.33. The molecular formula is C18H21N3O3. The molecule has 0 spiro atoms. The average molecular weight is 327 g/mol. The highest BCUT2D eigenvalue weighted by molar-refractivity contribution is 5.83. The fraction of sp³-hybridized carbons (Fsp3) is 0.389. The van der Waals surface area contributed by atoms with Crippen molar-refractivity contribution in [2.24, 2.45) is 11.7 Å². The van der Waals surface area contributed by atoms with E-state index in [-0.39, 0.29) is 29.8 Å². The number of hydrogen-bond acceptors (Lipinski definition) is 3. The van der Waals surface area contributed by atoms with Gasteiger partial charge in [-0.1, -0.05) is 18.2 Å². The van der Waals surface area contributed by atoms with Gasteiger partial charge >= 0.3 is 0 Å². The first-order chi connectivity index (χ1) is 11.5. The summed E-state index contributed by atoms with van der Waals surface area (Å²) in [5.41, 5.74) is 6.56. The van der Waals surface area contributed by atoms with Gasteiger partial charge in [-0.05, 0) is 37.3 Å². The number of benzene rings is 1. The zero-order valence-corrected chi connectivity index (χ0v) is 13.7. The third-order valence-corrected chi connectivity index (χ3v) is 4.73. The number of carbonyl (C=O) groups excluding carboxylic acids is 2. The van der Waals surface area contributed by atoms with Crippen LogP contribution in [0, 0.1) is 12.8 Å². The van der Waals surface area contributed by atoms with Crippen molar-refractivity contribution < 1.29 is 9.59 Å². The molecule has 1 aromatic carbocycles. The van der Waals surface area contributed by atoms with Crippen molar-refractivity contribution >= 4 is 22.7 Å². The van der Waals surface area contributed by atoms with E-state index in [0.717, 1.165) is 10.9 Å². The number of piperidine rings is 1. The number of likely N-dealkylation sites (tertiary alicyclic amines) is 1. The summed E-state index contributed by atoms with van der Waals surface area (Å²) in [6.45, 7) is 2.78. The lowest BCUT2D eigenvalue weighted by molar-refractivity contribution is -0.135. The topological polar surface area (TPSA) is 85.4 Å². The number of aryl methyl sites for hydroxylation is 1. The Balaban J connectivity index is 1.83. The number of fused-ring (bicyclic) bond motifs is 1. The van der Waals surface area contributed by atoms with Crippen LogP contribution in [-0.4, -0.2) is 34.4 Å². The molecule has 0 aliphatic carbocycles. The molecule has 0 atom stereocenters. The molecule has 126 valence electrons. The molecule has 2 N–H and O–H groups in total. The Bertz CT molecular complexity index is 848. The maximum absolute atomic E-state index is 12.6. The van der Waals surface area contributed by atoms with E-state index in [4.69, 9.17) is 5.73 Å². The molecule has 0 bridgehead atoms. The number of primary amides is 1. The second kappa shape index (κ2) is 6.47. The van der Waals surface area contributed by atoms with E-state index in [1.165, 1.54) is 4.57 Å². The first kappa shape index (κ1) is 16.2. The van der Waals surface area contributed by atoms with Gasteiger partial charge in [-0.15, -0.1) is 0 Å². The SMILES string of the molecule is Cc1cc2ccccc2n(CC(=O)N2CCC(C(N)=O)CC2)c1=O. The number of rotatable bonds is 3. The summed E-state index contributed by atoms with van der Waals surface area (Å²) in [4.78, 5) is 38.0. The van der Waals surface area contributed by atoms with E-state index in [1.54, 1.807) is 11.8 Å². The van der Waals surface area contributed by atoms with E-state index in [2.05, 4.69) is 0 Å². The van der Waals surface area contributed by atoms with Crippen molar-refractivity contribution in [2.75, 3.05) is 13.1 Å². The lowest BCUT2D eigenvalue weighted by atomic mass is 9.96. The first-order valence-corrected chi connectivity index (χ1v) is 8.13. The van der Waals surface area contributed by atoms with Gasteiger partial charge in [-0.25, -0.2) is 0 Å². The zero-order valence-electron chi connectivity index (χ0n) is 13.7. The van der Waals surface area contributed by atoms with Crippen molar-refractivity contribution in [1.29, 1.82) is 0 Å². The van der Waals surface area contributed by atoms with Crippen LogP contribution in [0.1, 0.15) is 18.4 Å². The Kier molecular flexibility index (Phi) is 4.38. The lowest BCUT2D eigenvalue weighted by Crippen LogP contribution is -2.44. The number of pyridine rings is 1. The molecule has 6 nitrogen and oxygen atoms in total. The zero-order chi connectivity index (χ0) is 17.3. The van der Waals surface area contributed by atoms with Crippen LogP contribution in [0.5, 0.6) is 0 Å². The Hall–Kier alpha value is -2.63. The van der Waals surface area contributed by atoms with E-state index >= 15 is 0 Å². The van der Waals surface area contributed by atoms with Crippen LogP contribution in [0.2, 0.25) is 0 Å². The van der Waals surface area contributed by atoms with E-state index in [0.29, 0.717) is 31.5 Å². The normalized spacial score (nSPS) is 15.6. The maximum atomic E-state index is 12.6. The molecule has 1 aliphatic rings. The Morgan fingerprint density at radius 2 is 1.88 bits per heavy atom. The van der Waals surface area contributed by atoms with Crippen LogP contribution in [-0.2, 0) is 16.1 Å². The van der Waals surface area contributed by atoms with E-state index in [1.807, 2.05) is 30.3 Å². The van der Waals surface area contributed by atoms with Crippen molar-refractivity contribution in [2.45, 2.75) is 26.3 Å². The van der Waals surface area contributed by atoms with Crippen molar-refractivity contribution in [3.8, 4) is 0 Å². The fourth-order valence-electron chi connectivity index (χ4n) is 3.28. The summed E-state index contributed by atoms with van der Waals surface area (Å²) < 4.78 is 1.53. The van der Waals surface area contributed by atoms with Gasteiger partial charge in [-0.3, -0.25) is 19.0 Å². The molecule has 24 heavy (non-hydrogen) atoms. The van der Waals surface area contributed by atoms with E-state index in [9.17, 15) is 14.4 Å². The smallest absolute Gasteiger partial charge is 0.254 e. The number of hydrogen-bond donors (Lipinski definition) is 1. The van der Waals surface area contributed by atoms with Gasteiger partial charge in [0.1, 0.15) is 6.54 Å². The number of carbonyl (C=O) groups is 2. The van der Waals surface area contributed by atoms with Crippen molar-refractivity contribution in [1.82, 2.24) is 9.47 Å². The first-order valence-electron chi connectivity index (χ1n) is 8.13. The Morgan fingerprint density at radius 3 is 2.54 bits per heavy atom. The maximum Gasteiger partial charge on any atom is 0.254 e. The molecule has 0 radical (unpaired) electrons. The van der Waals surface area contributed by atoms with Crippen LogP contribution in [0.3, 0.4) is 0 Å². The molecule has 0 unspecified atom stereocenters. The van der Waals surface area contributed by atoms with Crippen LogP contribution < -0.4 is 11.3 Å². The third-order valence-electron chi connectivity index (χ3n) is 4.73. The molecule has 0 saturated carbocycles. The summed E-state index contributed by atoms with van der Waals surface area (Å²) in [6, 6.07) is 9.39. The molecule has 1 aliphatic heterocycles. The molecule has 3 rings (SSSR count). The highest BCUT2D eigenvalue weighted by Gasteiger charge is 2.26. The number of nitrogens with zero attached hydrogens (tertiary/aromatic N) is 2. The fourth-order valence-corrected chi connectivity index (χ4v) is 3.28. The molecule has 1 saturated heterocycles. The summed E-state index contributed by atoms with van der Waals surface area (Å²) >= 11 is 0. The molecule has 2 aromatic rings. The van der Waals surface area contributed by atoms with Crippen LogP contribution >= 0.6 is 0 Å². The van der Waals surface area contributed by atoms with Crippen LogP contribution in [0.25, 0.3) is 10.9 Å². The number of nitrogens with two attached hydrogens (primary N) is 1. The van der Waals surface area contributed by atoms with Gasteiger partial charge in [0.2, 0.25) is 11.8 Å². The molecule has 6 heteroatoms. The third kappa shape index (κ3) is 3.04. The molecular weight excluding hydrogens is 306 g/mol. The van der Waals surface area contributed by atoms with Crippen LogP contribution in [0.15, 0.2) is 35.1 Å². The minimum atomic E-state index is -0.303. The van der Waals surface area contributed by atoms with Crippen molar-refractivity contribution in [3.63, 3.8) is 0 Å². The highest BCUT2D eigenvalue weighted by atomic mass is 16.2. The summed E-state index contributed by atoms with van der Waals surface area (Å²) in [5.74, 6) is -0.560. The van der Waals surface area contributed by atoms with Crippen molar-refractivity contribution in [3.05, 3.63) is 46.2 Å².